The van der Waals surface area contributed by atoms with Crippen molar-refractivity contribution in [2.45, 2.75) is 25.1 Å². The summed E-state index contributed by atoms with van der Waals surface area (Å²) in [5.41, 5.74) is 1.80. The molecule has 0 aliphatic carbocycles. The number of rotatable bonds is 9. The number of hydrogen-bond acceptors (Lipinski definition) is 6. The summed E-state index contributed by atoms with van der Waals surface area (Å²) in [5.74, 6) is 2.77. The van der Waals surface area contributed by atoms with Crippen molar-refractivity contribution in [2.75, 3.05) is 25.4 Å². The molecule has 0 bridgehead atoms. The van der Waals surface area contributed by atoms with Gasteiger partial charge in [-0.1, -0.05) is 57.6 Å². The van der Waals surface area contributed by atoms with Crippen molar-refractivity contribution in [3.05, 3.63) is 67.9 Å². The summed E-state index contributed by atoms with van der Waals surface area (Å²) in [6, 6.07) is 10.8. The zero-order chi connectivity index (χ0) is 24.8. The van der Waals surface area contributed by atoms with E-state index in [1.807, 2.05) is 12.1 Å². The molecule has 4 rings (SSSR count). The second kappa shape index (κ2) is 12.7. The molecule has 1 amide bonds. The molecule has 1 aromatic heterocycles. The largest absolute Gasteiger partial charge is 0.355 e. The number of halogens is 4. The van der Waals surface area contributed by atoms with E-state index in [2.05, 4.69) is 20.4 Å². The first-order valence-electron chi connectivity index (χ1n) is 11.2. The number of benzene rings is 2. The number of nitrogens with zero attached hydrogens (tertiary/aromatic N) is 3. The minimum atomic E-state index is 0.0254. The van der Waals surface area contributed by atoms with Gasteiger partial charge in [-0.15, -0.1) is 0 Å². The highest BCUT2D eigenvalue weighted by molar-refractivity contribution is 7.98. The fraction of sp³-hybridized carbons (Fsp3) is 0.375. The van der Waals surface area contributed by atoms with Crippen LogP contribution in [0.15, 0.2) is 40.9 Å². The normalized spacial score (nSPS) is 14.9. The van der Waals surface area contributed by atoms with E-state index in [1.165, 1.54) is 0 Å². The second-order valence-electron chi connectivity index (χ2n) is 8.28. The lowest BCUT2D eigenvalue weighted by Crippen LogP contribution is -2.40. The third kappa shape index (κ3) is 7.51. The third-order valence-corrected chi connectivity index (χ3v) is 8.07. The van der Waals surface area contributed by atoms with Crippen LogP contribution in [-0.4, -0.2) is 46.3 Å². The molecule has 0 unspecified atom stereocenters. The van der Waals surface area contributed by atoms with Crippen LogP contribution in [0.3, 0.4) is 0 Å². The fourth-order valence-electron chi connectivity index (χ4n) is 3.85. The molecule has 1 aliphatic rings. The van der Waals surface area contributed by atoms with E-state index < -0.39 is 0 Å². The van der Waals surface area contributed by atoms with Crippen LogP contribution in [-0.2, 0) is 17.1 Å². The monoisotopic (exact) mass is 572 g/mol. The zero-order valence-electron chi connectivity index (χ0n) is 18.8. The lowest BCUT2D eigenvalue weighted by molar-refractivity contribution is -0.126. The zero-order valence-corrected chi connectivity index (χ0v) is 22.6. The summed E-state index contributed by atoms with van der Waals surface area (Å²) in [7, 11) is 0. The minimum absolute atomic E-state index is 0.0254. The summed E-state index contributed by atoms with van der Waals surface area (Å²) in [5, 5.41) is 9.26. The van der Waals surface area contributed by atoms with Gasteiger partial charge in [-0.2, -0.15) is 16.7 Å². The van der Waals surface area contributed by atoms with Crippen LogP contribution < -0.4 is 5.32 Å². The lowest BCUT2D eigenvalue weighted by atomic mass is 9.96. The predicted octanol–water partition coefficient (Wildman–Crippen LogP) is 6.61. The van der Waals surface area contributed by atoms with Gasteiger partial charge in [-0.25, -0.2) is 0 Å². The molecule has 0 atom stereocenters. The van der Waals surface area contributed by atoms with E-state index in [1.54, 1.807) is 36.0 Å². The van der Waals surface area contributed by atoms with E-state index in [0.717, 1.165) is 43.0 Å². The minimum Gasteiger partial charge on any atom is -0.355 e. The molecular weight excluding hydrogens is 550 g/mol. The molecule has 1 saturated heterocycles. The maximum Gasteiger partial charge on any atom is 0.241 e. The van der Waals surface area contributed by atoms with Crippen LogP contribution in [0, 0.1) is 5.92 Å². The van der Waals surface area contributed by atoms with Crippen LogP contribution in [0.25, 0.3) is 11.4 Å². The van der Waals surface area contributed by atoms with Crippen molar-refractivity contribution in [3.8, 4) is 11.4 Å². The molecule has 1 aliphatic heterocycles. The molecule has 0 spiro atoms. The Morgan fingerprint density at radius 3 is 2.60 bits per heavy atom. The van der Waals surface area contributed by atoms with Crippen LogP contribution in [0.5, 0.6) is 0 Å². The van der Waals surface area contributed by atoms with E-state index >= 15 is 0 Å². The Morgan fingerprint density at radius 2 is 1.86 bits per heavy atom. The maximum atomic E-state index is 12.6. The fourth-order valence-corrected chi connectivity index (χ4v) is 5.47. The Morgan fingerprint density at radius 1 is 1.06 bits per heavy atom. The molecule has 6 nitrogen and oxygen atoms in total. The molecule has 2 aromatic carbocycles. The summed E-state index contributed by atoms with van der Waals surface area (Å²) in [6.45, 7) is 2.77. The maximum absolute atomic E-state index is 12.6. The molecule has 3 aromatic rings. The molecule has 2 heterocycles. The van der Waals surface area contributed by atoms with Crippen LogP contribution in [0.4, 0.5) is 0 Å². The smallest absolute Gasteiger partial charge is 0.241 e. The number of hydrogen-bond donors (Lipinski definition) is 1. The van der Waals surface area contributed by atoms with E-state index in [-0.39, 0.29) is 11.8 Å². The molecule has 0 radical (unpaired) electrons. The van der Waals surface area contributed by atoms with Crippen LogP contribution in [0.2, 0.25) is 20.1 Å². The number of likely N-dealkylation sites (tertiary alicyclic amines) is 1. The van der Waals surface area contributed by atoms with Gasteiger partial charge in [-0.05, 0) is 61.8 Å². The van der Waals surface area contributed by atoms with Crippen molar-refractivity contribution < 1.29 is 9.32 Å². The molecular formula is C24H24Cl4N4O2S. The summed E-state index contributed by atoms with van der Waals surface area (Å²) >= 11 is 25.9. The number of piperidine rings is 1. The predicted molar refractivity (Wildman–Crippen MR) is 143 cm³/mol. The summed E-state index contributed by atoms with van der Waals surface area (Å²) in [6.07, 6.45) is 1.60. The topological polar surface area (TPSA) is 71.3 Å². The van der Waals surface area contributed by atoms with Crippen molar-refractivity contribution in [3.63, 3.8) is 0 Å². The van der Waals surface area contributed by atoms with Crippen LogP contribution >= 0.6 is 58.2 Å². The number of thioether (sulfide) groups is 1. The number of amides is 1. The van der Waals surface area contributed by atoms with Crippen molar-refractivity contribution in [2.24, 2.45) is 5.92 Å². The van der Waals surface area contributed by atoms with E-state index in [0.29, 0.717) is 50.5 Å². The Kier molecular flexibility index (Phi) is 9.61. The average molecular weight is 574 g/mol. The average Bonchev–Trinajstić information content (AvgIpc) is 3.29. The molecule has 11 heteroatoms. The van der Waals surface area contributed by atoms with Crippen LogP contribution in [0.1, 0.15) is 24.3 Å². The van der Waals surface area contributed by atoms with Gasteiger partial charge in [0.05, 0.1) is 21.6 Å². The Balaban J connectivity index is 1.15. The lowest BCUT2D eigenvalue weighted by Gasteiger charge is -2.30. The molecule has 1 fully saturated rings. The van der Waals surface area contributed by atoms with Gasteiger partial charge in [0.2, 0.25) is 17.6 Å². The summed E-state index contributed by atoms with van der Waals surface area (Å²) < 4.78 is 5.41. The number of carbonyl (C=O) groups is 1. The number of aromatic nitrogens is 2. The van der Waals surface area contributed by atoms with E-state index in [9.17, 15) is 4.79 Å². The van der Waals surface area contributed by atoms with Gasteiger partial charge in [-0.3, -0.25) is 9.69 Å². The number of nitrogens with one attached hydrogen (secondary N) is 1. The molecule has 1 N–H and O–H groups in total. The second-order valence-corrected chi connectivity index (χ2v) is 11.0. The Bertz CT molecular complexity index is 1170. The highest BCUT2D eigenvalue weighted by Crippen LogP contribution is 2.29. The molecule has 0 saturated carbocycles. The Labute approximate surface area is 228 Å². The van der Waals surface area contributed by atoms with Gasteiger partial charge in [0, 0.05) is 34.6 Å². The van der Waals surface area contributed by atoms with Gasteiger partial charge in [0.25, 0.3) is 0 Å². The third-order valence-electron chi connectivity index (χ3n) is 5.76. The van der Waals surface area contributed by atoms with Crippen molar-refractivity contribution in [1.29, 1.82) is 0 Å². The standard InChI is InChI=1S/C24H24Cl4N4O2S/c25-17-2-3-18(20(27)12-17)23-30-22(34-31-23)13-32-8-5-16(6-9-32)24(33)29-7-10-35-14-15-1-4-19(26)21(28)11-15/h1-4,11-12,16H,5-10,13-14H2,(H,29,33). The van der Waals surface area contributed by atoms with Crippen molar-refractivity contribution in [1.82, 2.24) is 20.4 Å². The summed E-state index contributed by atoms with van der Waals surface area (Å²) in [4.78, 5) is 19.2. The first kappa shape index (κ1) is 26.6. The highest BCUT2D eigenvalue weighted by Gasteiger charge is 2.26. The first-order chi connectivity index (χ1) is 16.9. The highest BCUT2D eigenvalue weighted by atomic mass is 35.5. The molecule has 186 valence electrons. The van der Waals surface area contributed by atoms with Gasteiger partial charge in [0.15, 0.2) is 0 Å². The molecule has 35 heavy (non-hydrogen) atoms. The number of carbonyl (C=O) groups excluding carboxylic acids is 1. The SMILES string of the molecule is O=C(NCCSCc1ccc(Cl)c(Cl)c1)C1CCN(Cc2nc(-c3ccc(Cl)cc3Cl)no2)CC1. The van der Waals surface area contributed by atoms with E-state index in [4.69, 9.17) is 50.9 Å². The van der Waals surface area contributed by atoms with Gasteiger partial charge < -0.3 is 9.84 Å². The first-order valence-corrected chi connectivity index (χ1v) is 13.9. The van der Waals surface area contributed by atoms with Gasteiger partial charge in [0.1, 0.15) is 0 Å². The Hall–Kier alpha value is -1.48. The van der Waals surface area contributed by atoms with Gasteiger partial charge >= 0.3 is 0 Å². The quantitative estimate of drug-likeness (QED) is 0.290. The van der Waals surface area contributed by atoms with Crippen molar-refractivity contribution >= 4 is 64.1 Å².